The first-order valence-electron chi connectivity index (χ1n) is 13.7. The summed E-state index contributed by atoms with van der Waals surface area (Å²) in [6, 6.07) is 47.8. The lowest BCUT2D eigenvalue weighted by molar-refractivity contribution is 1.07. The normalized spacial score (nSPS) is 11.0. The predicted molar refractivity (Wildman–Crippen MR) is 167 cm³/mol. The molecule has 0 fully saturated rings. The van der Waals surface area contributed by atoms with E-state index in [1.54, 1.807) is 0 Å². The molecule has 7 aromatic rings. The van der Waals surface area contributed by atoms with Crippen LogP contribution < -0.4 is 0 Å². The van der Waals surface area contributed by atoms with E-state index in [9.17, 15) is 0 Å². The molecule has 0 aliphatic carbocycles. The van der Waals surface area contributed by atoms with Gasteiger partial charge in [-0.05, 0) is 41.3 Å². The van der Waals surface area contributed by atoms with Crippen LogP contribution in [-0.4, -0.2) is 19.9 Å². The van der Waals surface area contributed by atoms with E-state index in [1.807, 2.05) is 73.7 Å². The summed E-state index contributed by atoms with van der Waals surface area (Å²) in [5.41, 5.74) is 9.53. The van der Waals surface area contributed by atoms with Gasteiger partial charge in [0.15, 0.2) is 17.5 Å². The number of aryl methyl sites for hydroxylation is 1. The molecule has 0 saturated carbocycles. The minimum atomic E-state index is 0.653. The zero-order valence-corrected chi connectivity index (χ0v) is 22.6. The quantitative estimate of drug-likeness (QED) is 0.224. The molecule has 0 saturated heterocycles. The number of pyridine rings is 1. The van der Waals surface area contributed by atoms with Gasteiger partial charge in [0, 0.05) is 27.8 Å². The minimum absolute atomic E-state index is 0.653. The van der Waals surface area contributed by atoms with Crippen molar-refractivity contribution < 1.29 is 0 Å². The number of benzene rings is 5. The Morgan fingerprint density at radius 3 is 1.24 bits per heavy atom. The van der Waals surface area contributed by atoms with E-state index >= 15 is 0 Å². The number of rotatable bonds is 5. The SMILES string of the molecule is Cc1ccc2ccc(-c3ccc(-c4ccc(-c5nc(-c6ccccc6)nc(-c6ccccc6)n5)cc4)cc3)cc2n1. The Bertz CT molecular complexity index is 1910. The van der Waals surface area contributed by atoms with Crippen LogP contribution in [0.3, 0.4) is 0 Å². The largest absolute Gasteiger partial charge is 0.253 e. The van der Waals surface area contributed by atoms with Crippen molar-refractivity contribution in [3.63, 3.8) is 0 Å². The van der Waals surface area contributed by atoms with Crippen LogP contribution in [-0.2, 0) is 0 Å². The molecular formula is C37H26N4. The van der Waals surface area contributed by atoms with Crippen molar-refractivity contribution in [2.24, 2.45) is 0 Å². The summed E-state index contributed by atoms with van der Waals surface area (Å²) < 4.78 is 0. The highest BCUT2D eigenvalue weighted by Crippen LogP contribution is 2.29. The van der Waals surface area contributed by atoms with Crippen molar-refractivity contribution in [3.8, 4) is 56.4 Å². The van der Waals surface area contributed by atoms with Crippen molar-refractivity contribution in [2.45, 2.75) is 6.92 Å². The van der Waals surface area contributed by atoms with E-state index in [4.69, 9.17) is 19.9 Å². The zero-order valence-electron chi connectivity index (χ0n) is 22.6. The molecule has 4 heteroatoms. The Kier molecular flexibility index (Phi) is 6.34. The van der Waals surface area contributed by atoms with Gasteiger partial charge in [-0.1, -0.05) is 127 Å². The second kappa shape index (κ2) is 10.6. The first kappa shape index (κ1) is 24.6. The predicted octanol–water partition coefficient (Wildman–Crippen LogP) is 9.06. The molecule has 2 aromatic heterocycles. The lowest BCUT2D eigenvalue weighted by atomic mass is 9.98. The van der Waals surface area contributed by atoms with Crippen LogP contribution in [0.1, 0.15) is 5.69 Å². The maximum absolute atomic E-state index is 4.85. The summed E-state index contributed by atoms with van der Waals surface area (Å²) in [6.45, 7) is 2.03. The highest BCUT2D eigenvalue weighted by molar-refractivity contribution is 5.85. The highest BCUT2D eigenvalue weighted by Gasteiger charge is 2.12. The van der Waals surface area contributed by atoms with E-state index < -0.39 is 0 Å². The van der Waals surface area contributed by atoms with Crippen LogP contribution in [0, 0.1) is 6.92 Å². The molecular weight excluding hydrogens is 500 g/mol. The van der Waals surface area contributed by atoms with Gasteiger partial charge in [0.05, 0.1) is 5.52 Å². The molecule has 0 bridgehead atoms. The number of hydrogen-bond acceptors (Lipinski definition) is 4. The van der Waals surface area contributed by atoms with Gasteiger partial charge in [-0.3, -0.25) is 4.98 Å². The van der Waals surface area contributed by atoms with Crippen molar-refractivity contribution in [1.82, 2.24) is 19.9 Å². The fourth-order valence-corrected chi connectivity index (χ4v) is 5.00. The van der Waals surface area contributed by atoms with Crippen molar-refractivity contribution in [2.75, 3.05) is 0 Å². The molecule has 194 valence electrons. The number of hydrogen-bond donors (Lipinski definition) is 0. The summed E-state index contributed by atoms with van der Waals surface area (Å²) in [7, 11) is 0. The van der Waals surface area contributed by atoms with Crippen LogP contribution in [0.15, 0.2) is 140 Å². The summed E-state index contributed by atoms with van der Waals surface area (Å²) >= 11 is 0. The minimum Gasteiger partial charge on any atom is -0.253 e. The van der Waals surface area contributed by atoms with Gasteiger partial charge >= 0.3 is 0 Å². The summed E-state index contributed by atoms with van der Waals surface area (Å²) in [5.74, 6) is 1.97. The maximum atomic E-state index is 4.85. The molecule has 5 aromatic carbocycles. The third-order valence-electron chi connectivity index (χ3n) is 7.23. The first-order valence-corrected chi connectivity index (χ1v) is 13.7. The topological polar surface area (TPSA) is 51.6 Å². The molecule has 0 amide bonds. The van der Waals surface area contributed by atoms with Crippen LogP contribution in [0.4, 0.5) is 0 Å². The maximum Gasteiger partial charge on any atom is 0.164 e. The van der Waals surface area contributed by atoms with Gasteiger partial charge in [0.1, 0.15) is 0 Å². The number of nitrogens with zero attached hydrogens (tertiary/aromatic N) is 4. The molecule has 0 radical (unpaired) electrons. The van der Waals surface area contributed by atoms with Crippen molar-refractivity contribution in [1.29, 1.82) is 0 Å². The number of fused-ring (bicyclic) bond motifs is 1. The number of aromatic nitrogens is 4. The summed E-state index contributed by atoms with van der Waals surface area (Å²) in [4.78, 5) is 19.2. The van der Waals surface area contributed by atoms with Gasteiger partial charge in [0.25, 0.3) is 0 Å². The van der Waals surface area contributed by atoms with E-state index in [1.165, 1.54) is 5.56 Å². The fraction of sp³-hybridized carbons (Fsp3) is 0.0270. The van der Waals surface area contributed by atoms with Crippen molar-refractivity contribution in [3.05, 3.63) is 145 Å². The standard InChI is InChI=1S/C37H26N4/c1-25-12-13-29-20-23-33(24-34(29)38-25)28-16-14-26(15-17-28)27-18-21-32(22-19-27)37-40-35(30-8-4-2-5-9-30)39-36(41-37)31-10-6-3-7-11-31/h2-24H,1H3. The third-order valence-corrected chi connectivity index (χ3v) is 7.23. The van der Waals surface area contributed by atoms with Crippen LogP contribution in [0.2, 0.25) is 0 Å². The lowest BCUT2D eigenvalue weighted by Gasteiger charge is -2.09. The second-order valence-corrected chi connectivity index (χ2v) is 10.1. The average Bonchev–Trinajstić information content (AvgIpc) is 3.05. The molecule has 7 rings (SSSR count). The van der Waals surface area contributed by atoms with Gasteiger partial charge in [-0.15, -0.1) is 0 Å². The van der Waals surface area contributed by atoms with Crippen LogP contribution in [0.5, 0.6) is 0 Å². The fourth-order valence-electron chi connectivity index (χ4n) is 5.00. The molecule has 0 N–H and O–H groups in total. The van der Waals surface area contributed by atoms with Gasteiger partial charge < -0.3 is 0 Å². The average molecular weight is 527 g/mol. The molecule has 41 heavy (non-hydrogen) atoms. The molecule has 0 aliphatic rings. The van der Waals surface area contributed by atoms with Gasteiger partial charge in [-0.2, -0.15) is 0 Å². The smallest absolute Gasteiger partial charge is 0.164 e. The molecule has 0 aliphatic heterocycles. The highest BCUT2D eigenvalue weighted by atomic mass is 15.0. The summed E-state index contributed by atoms with van der Waals surface area (Å²) in [5, 5.41) is 1.15. The van der Waals surface area contributed by atoms with Gasteiger partial charge in [0.2, 0.25) is 0 Å². The Balaban J connectivity index is 1.20. The Morgan fingerprint density at radius 1 is 0.341 bits per heavy atom. The van der Waals surface area contributed by atoms with Gasteiger partial charge in [-0.25, -0.2) is 15.0 Å². The summed E-state index contributed by atoms with van der Waals surface area (Å²) in [6.07, 6.45) is 0. The third kappa shape index (κ3) is 5.11. The Hall–Kier alpha value is -5.48. The molecule has 4 nitrogen and oxygen atoms in total. The molecule has 0 spiro atoms. The van der Waals surface area contributed by atoms with E-state index in [2.05, 4.69) is 72.8 Å². The lowest BCUT2D eigenvalue weighted by Crippen LogP contribution is -2.00. The van der Waals surface area contributed by atoms with Crippen LogP contribution in [0.25, 0.3) is 67.3 Å². The Labute approximate surface area is 239 Å². The molecule has 2 heterocycles. The Morgan fingerprint density at radius 2 is 0.732 bits per heavy atom. The van der Waals surface area contributed by atoms with E-state index in [0.29, 0.717) is 17.5 Å². The van der Waals surface area contributed by atoms with Crippen molar-refractivity contribution >= 4 is 10.9 Å². The zero-order chi connectivity index (χ0) is 27.6. The second-order valence-electron chi connectivity index (χ2n) is 10.1. The first-order chi connectivity index (χ1) is 20.2. The van der Waals surface area contributed by atoms with E-state index in [0.717, 1.165) is 50.0 Å². The molecule has 0 unspecified atom stereocenters. The van der Waals surface area contributed by atoms with E-state index in [-0.39, 0.29) is 0 Å². The monoisotopic (exact) mass is 526 g/mol. The molecule has 0 atom stereocenters. The van der Waals surface area contributed by atoms with Crippen LogP contribution >= 0.6 is 0 Å².